The molecule has 1 unspecified atom stereocenters. The average molecular weight is 321 g/mol. The SMILES string of the molecule is CCOC(=O)C(SCc1ccc(Cl)cc1)c1ccccc1. The molecule has 0 spiro atoms. The molecule has 2 aromatic carbocycles. The van der Waals surface area contributed by atoms with Gasteiger partial charge in [-0.25, -0.2) is 0 Å². The number of benzene rings is 2. The van der Waals surface area contributed by atoms with Crippen LogP contribution in [-0.4, -0.2) is 12.6 Å². The Labute approximate surface area is 134 Å². The molecule has 1 atom stereocenters. The van der Waals surface area contributed by atoms with Crippen LogP contribution in [0.2, 0.25) is 5.02 Å². The van der Waals surface area contributed by atoms with Crippen LogP contribution >= 0.6 is 23.4 Å². The molecule has 110 valence electrons. The second-order valence-electron chi connectivity index (χ2n) is 4.48. The van der Waals surface area contributed by atoms with E-state index in [2.05, 4.69) is 0 Å². The third-order valence-corrected chi connectivity index (χ3v) is 4.48. The summed E-state index contributed by atoms with van der Waals surface area (Å²) in [7, 11) is 0. The Morgan fingerprint density at radius 1 is 1.14 bits per heavy atom. The quantitative estimate of drug-likeness (QED) is 0.710. The summed E-state index contributed by atoms with van der Waals surface area (Å²) in [6, 6.07) is 17.4. The molecule has 0 aromatic heterocycles. The van der Waals surface area contributed by atoms with Crippen molar-refractivity contribution in [2.24, 2.45) is 0 Å². The van der Waals surface area contributed by atoms with Crippen molar-refractivity contribution in [3.63, 3.8) is 0 Å². The lowest BCUT2D eigenvalue weighted by Crippen LogP contribution is -2.13. The van der Waals surface area contributed by atoms with Crippen LogP contribution < -0.4 is 0 Å². The topological polar surface area (TPSA) is 26.3 Å². The number of hydrogen-bond acceptors (Lipinski definition) is 3. The summed E-state index contributed by atoms with van der Waals surface area (Å²) in [6.45, 7) is 2.22. The number of carbonyl (C=O) groups excluding carboxylic acids is 1. The van der Waals surface area contributed by atoms with Crippen LogP contribution in [-0.2, 0) is 15.3 Å². The molecule has 21 heavy (non-hydrogen) atoms. The van der Waals surface area contributed by atoms with Gasteiger partial charge in [-0.1, -0.05) is 54.1 Å². The fourth-order valence-corrected chi connectivity index (χ4v) is 3.14. The zero-order valence-corrected chi connectivity index (χ0v) is 13.4. The molecular weight excluding hydrogens is 304 g/mol. The second-order valence-corrected chi connectivity index (χ2v) is 6.01. The minimum absolute atomic E-state index is 0.192. The summed E-state index contributed by atoms with van der Waals surface area (Å²) in [5.41, 5.74) is 2.10. The number of ether oxygens (including phenoxy) is 1. The molecule has 0 saturated heterocycles. The first kappa shape index (κ1) is 15.9. The van der Waals surface area contributed by atoms with E-state index in [4.69, 9.17) is 16.3 Å². The smallest absolute Gasteiger partial charge is 0.323 e. The number of carbonyl (C=O) groups is 1. The summed E-state index contributed by atoms with van der Waals surface area (Å²) in [5, 5.41) is 0.413. The minimum Gasteiger partial charge on any atom is -0.465 e. The van der Waals surface area contributed by atoms with Crippen molar-refractivity contribution in [1.82, 2.24) is 0 Å². The lowest BCUT2D eigenvalue weighted by Gasteiger charge is -2.15. The molecule has 0 aliphatic carbocycles. The summed E-state index contributed by atoms with van der Waals surface area (Å²) in [6.07, 6.45) is 0. The van der Waals surface area contributed by atoms with Crippen LogP contribution in [0, 0.1) is 0 Å². The van der Waals surface area contributed by atoms with Gasteiger partial charge in [-0.15, -0.1) is 11.8 Å². The zero-order chi connectivity index (χ0) is 15.1. The Kier molecular flexibility index (Phi) is 6.15. The molecule has 2 nitrogen and oxygen atoms in total. The largest absolute Gasteiger partial charge is 0.465 e. The van der Waals surface area contributed by atoms with Crippen molar-refractivity contribution in [3.8, 4) is 0 Å². The number of halogens is 1. The second kappa shape index (κ2) is 8.11. The molecule has 0 saturated carbocycles. The molecule has 0 aliphatic heterocycles. The van der Waals surface area contributed by atoms with E-state index in [1.165, 1.54) is 0 Å². The number of rotatable bonds is 6. The van der Waals surface area contributed by atoms with Crippen LogP contribution in [0.5, 0.6) is 0 Å². The van der Waals surface area contributed by atoms with Crippen molar-refractivity contribution < 1.29 is 9.53 Å². The van der Waals surface area contributed by atoms with Crippen molar-refractivity contribution >= 4 is 29.3 Å². The van der Waals surface area contributed by atoms with E-state index in [-0.39, 0.29) is 11.2 Å². The first-order valence-corrected chi connectivity index (χ1v) is 8.21. The van der Waals surface area contributed by atoms with Gasteiger partial charge in [0.15, 0.2) is 0 Å². The molecule has 0 N–H and O–H groups in total. The monoisotopic (exact) mass is 320 g/mol. The highest BCUT2D eigenvalue weighted by Gasteiger charge is 2.22. The van der Waals surface area contributed by atoms with Gasteiger partial charge in [-0.05, 0) is 30.2 Å². The molecule has 0 amide bonds. The van der Waals surface area contributed by atoms with Gasteiger partial charge in [0.1, 0.15) is 5.25 Å². The van der Waals surface area contributed by atoms with Gasteiger partial charge < -0.3 is 4.74 Å². The Hall–Kier alpha value is -1.45. The van der Waals surface area contributed by atoms with Crippen molar-refractivity contribution in [3.05, 3.63) is 70.7 Å². The Morgan fingerprint density at radius 2 is 1.81 bits per heavy atom. The Morgan fingerprint density at radius 3 is 2.43 bits per heavy atom. The highest BCUT2D eigenvalue weighted by atomic mass is 35.5. The lowest BCUT2D eigenvalue weighted by atomic mass is 10.1. The maximum Gasteiger partial charge on any atom is 0.323 e. The fraction of sp³-hybridized carbons (Fsp3) is 0.235. The zero-order valence-electron chi connectivity index (χ0n) is 11.8. The minimum atomic E-state index is -0.304. The van der Waals surface area contributed by atoms with Gasteiger partial charge >= 0.3 is 5.97 Å². The van der Waals surface area contributed by atoms with Crippen molar-refractivity contribution in [1.29, 1.82) is 0 Å². The van der Waals surface area contributed by atoms with Gasteiger partial charge in [0.05, 0.1) is 6.61 Å². The van der Waals surface area contributed by atoms with Gasteiger partial charge in [0.25, 0.3) is 0 Å². The number of hydrogen-bond donors (Lipinski definition) is 0. The molecule has 0 aliphatic rings. The van der Waals surface area contributed by atoms with Crippen LogP contribution in [0.1, 0.15) is 23.3 Å². The van der Waals surface area contributed by atoms with Gasteiger partial charge in [-0.2, -0.15) is 0 Å². The molecule has 0 radical (unpaired) electrons. The maximum absolute atomic E-state index is 12.2. The van der Waals surface area contributed by atoms with E-state index in [0.717, 1.165) is 16.9 Å². The van der Waals surface area contributed by atoms with Crippen molar-refractivity contribution in [2.45, 2.75) is 17.9 Å². The molecule has 2 rings (SSSR count). The maximum atomic E-state index is 12.2. The summed E-state index contributed by atoms with van der Waals surface area (Å²) in [5.74, 6) is 0.540. The van der Waals surface area contributed by atoms with Crippen LogP contribution in [0.3, 0.4) is 0 Å². The predicted molar refractivity (Wildman–Crippen MR) is 88.6 cm³/mol. The third-order valence-electron chi connectivity index (χ3n) is 2.93. The van der Waals surface area contributed by atoms with Gasteiger partial charge in [0, 0.05) is 10.8 Å². The van der Waals surface area contributed by atoms with E-state index in [9.17, 15) is 4.79 Å². The average Bonchev–Trinajstić information content (AvgIpc) is 2.51. The molecule has 4 heteroatoms. The molecular formula is C17H17ClO2S. The predicted octanol–water partition coefficient (Wildman–Crippen LogP) is 4.88. The normalized spacial score (nSPS) is 11.9. The highest BCUT2D eigenvalue weighted by molar-refractivity contribution is 7.99. The van der Waals surface area contributed by atoms with Crippen molar-refractivity contribution in [2.75, 3.05) is 6.61 Å². The molecule has 0 heterocycles. The van der Waals surface area contributed by atoms with Gasteiger partial charge in [0.2, 0.25) is 0 Å². The Bertz CT molecular complexity index is 569. The van der Waals surface area contributed by atoms with E-state index in [0.29, 0.717) is 11.6 Å². The molecule has 0 bridgehead atoms. The molecule has 2 aromatic rings. The Balaban J connectivity index is 2.09. The summed E-state index contributed by atoms with van der Waals surface area (Å²) >= 11 is 7.45. The van der Waals surface area contributed by atoms with Gasteiger partial charge in [-0.3, -0.25) is 4.79 Å². The first-order valence-electron chi connectivity index (χ1n) is 6.78. The summed E-state index contributed by atoms with van der Waals surface area (Å²) in [4.78, 5) is 12.2. The van der Waals surface area contributed by atoms with E-state index in [1.54, 1.807) is 11.8 Å². The first-order chi connectivity index (χ1) is 10.2. The van der Waals surface area contributed by atoms with E-state index >= 15 is 0 Å². The summed E-state index contributed by atoms with van der Waals surface area (Å²) < 4.78 is 5.19. The van der Waals surface area contributed by atoms with Crippen LogP contribution in [0.15, 0.2) is 54.6 Å². The third kappa shape index (κ3) is 4.80. The van der Waals surface area contributed by atoms with Crippen LogP contribution in [0.25, 0.3) is 0 Å². The fourth-order valence-electron chi connectivity index (χ4n) is 1.91. The van der Waals surface area contributed by atoms with E-state index in [1.807, 2.05) is 61.5 Å². The number of esters is 1. The lowest BCUT2D eigenvalue weighted by molar-refractivity contribution is -0.142. The van der Waals surface area contributed by atoms with Crippen LogP contribution in [0.4, 0.5) is 0 Å². The standard InChI is InChI=1S/C17H17ClO2S/c1-2-20-17(19)16(14-6-4-3-5-7-14)21-12-13-8-10-15(18)11-9-13/h3-11,16H,2,12H2,1H3. The number of thioether (sulfide) groups is 1. The highest BCUT2D eigenvalue weighted by Crippen LogP contribution is 2.33. The van der Waals surface area contributed by atoms with E-state index < -0.39 is 0 Å². The molecule has 0 fully saturated rings.